The molecule has 0 heterocycles. The number of aldehydes is 1. The smallest absolute Gasteiger partial charge is 0.150 e. The Balaban J connectivity index is 3.34. The first-order chi connectivity index (χ1) is 6.60. The largest absolute Gasteiger partial charge is 0.388 e. The number of hydrogen-bond acceptors (Lipinski definition) is 2. The molecule has 0 unspecified atom stereocenters. The molecule has 0 bridgehead atoms. The summed E-state index contributed by atoms with van der Waals surface area (Å²) >= 11 is 0. The molecule has 74 valence electrons. The average Bonchev–Trinajstić information content (AvgIpc) is 2.20. The summed E-state index contributed by atoms with van der Waals surface area (Å²) < 4.78 is 0. The minimum atomic E-state index is 0.687. The molecule has 0 aliphatic heterocycles. The molecular weight excluding hydrogens is 174 g/mol. The summed E-state index contributed by atoms with van der Waals surface area (Å²) in [6, 6.07) is 3.87. The second kappa shape index (κ2) is 4.09. The summed E-state index contributed by atoms with van der Waals surface area (Å²) in [5.74, 6) is 0. The minimum Gasteiger partial charge on any atom is -0.388 e. The van der Waals surface area contributed by atoms with E-state index in [0.29, 0.717) is 5.56 Å². The Hall–Kier alpha value is -1.57. The lowest BCUT2D eigenvalue weighted by Gasteiger charge is -2.10. The van der Waals surface area contributed by atoms with Gasteiger partial charge in [0, 0.05) is 23.9 Å². The van der Waals surface area contributed by atoms with Crippen LogP contribution in [0.2, 0.25) is 0 Å². The fourth-order valence-corrected chi connectivity index (χ4v) is 1.33. The van der Waals surface area contributed by atoms with Crippen LogP contribution in [-0.2, 0) is 0 Å². The van der Waals surface area contributed by atoms with E-state index in [1.54, 1.807) is 7.05 Å². The van der Waals surface area contributed by atoms with Gasteiger partial charge in [-0.25, -0.2) is 0 Å². The number of carbonyl (C=O) groups excluding carboxylic acids is 1. The van der Waals surface area contributed by atoms with Gasteiger partial charge in [0.25, 0.3) is 0 Å². The first-order valence-electron chi connectivity index (χ1n) is 4.53. The van der Waals surface area contributed by atoms with E-state index >= 15 is 0 Å². The maximum absolute atomic E-state index is 10.8. The maximum Gasteiger partial charge on any atom is 0.150 e. The van der Waals surface area contributed by atoms with Crippen LogP contribution in [0.1, 0.15) is 27.0 Å². The van der Waals surface area contributed by atoms with Crippen molar-refractivity contribution in [2.45, 2.75) is 13.8 Å². The second-order valence-corrected chi connectivity index (χ2v) is 3.37. The lowest BCUT2D eigenvalue weighted by atomic mass is 9.99. The van der Waals surface area contributed by atoms with Gasteiger partial charge in [-0.1, -0.05) is 6.58 Å². The van der Waals surface area contributed by atoms with E-state index in [0.717, 1.165) is 23.1 Å². The summed E-state index contributed by atoms with van der Waals surface area (Å²) in [6.07, 6.45) is 0.865. The highest BCUT2D eigenvalue weighted by Gasteiger charge is 2.06. The van der Waals surface area contributed by atoms with Gasteiger partial charge in [-0.15, -0.1) is 0 Å². The Kier molecular flexibility index (Phi) is 3.07. The molecule has 0 aromatic heterocycles. The van der Waals surface area contributed by atoms with Crippen LogP contribution in [0.15, 0.2) is 18.7 Å². The van der Waals surface area contributed by atoms with Crippen molar-refractivity contribution in [1.29, 1.82) is 0 Å². The van der Waals surface area contributed by atoms with Crippen molar-refractivity contribution in [2.24, 2.45) is 0 Å². The van der Waals surface area contributed by atoms with Crippen molar-refractivity contribution in [2.75, 3.05) is 7.05 Å². The third-order valence-corrected chi connectivity index (χ3v) is 2.42. The van der Waals surface area contributed by atoms with Crippen LogP contribution in [0.25, 0.3) is 5.70 Å². The summed E-state index contributed by atoms with van der Waals surface area (Å²) in [7, 11) is 1.80. The van der Waals surface area contributed by atoms with Crippen LogP contribution in [0, 0.1) is 13.8 Å². The molecule has 0 atom stereocenters. The molecule has 0 fully saturated rings. The first-order valence-corrected chi connectivity index (χ1v) is 4.53. The molecule has 0 spiro atoms. The summed E-state index contributed by atoms with van der Waals surface area (Å²) in [5.41, 5.74) is 4.63. The topological polar surface area (TPSA) is 29.1 Å². The molecule has 0 aliphatic rings. The number of nitrogens with one attached hydrogen (secondary N) is 1. The Morgan fingerprint density at radius 1 is 1.36 bits per heavy atom. The first kappa shape index (κ1) is 10.5. The number of carbonyl (C=O) groups is 1. The second-order valence-electron chi connectivity index (χ2n) is 3.37. The molecule has 0 saturated heterocycles. The van der Waals surface area contributed by atoms with Crippen molar-refractivity contribution < 1.29 is 4.79 Å². The molecule has 0 aliphatic carbocycles. The Morgan fingerprint density at radius 3 is 2.43 bits per heavy atom. The molecular formula is C12H15NO. The average molecular weight is 189 g/mol. The molecule has 2 heteroatoms. The van der Waals surface area contributed by atoms with Gasteiger partial charge in [-0.2, -0.15) is 0 Å². The Bertz CT molecular complexity index is 380. The monoisotopic (exact) mass is 189 g/mol. The van der Waals surface area contributed by atoms with Crippen molar-refractivity contribution in [3.63, 3.8) is 0 Å². The molecule has 2 nitrogen and oxygen atoms in total. The summed E-state index contributed by atoms with van der Waals surface area (Å²) in [4.78, 5) is 10.8. The maximum atomic E-state index is 10.8. The van der Waals surface area contributed by atoms with E-state index in [1.807, 2.05) is 26.0 Å². The zero-order valence-electron chi connectivity index (χ0n) is 8.85. The SMILES string of the molecule is C=C(NC)c1cc(C)c(C)cc1C=O. The highest BCUT2D eigenvalue weighted by Crippen LogP contribution is 2.19. The van der Waals surface area contributed by atoms with Gasteiger partial charge in [0.15, 0.2) is 6.29 Å². The van der Waals surface area contributed by atoms with Gasteiger partial charge >= 0.3 is 0 Å². The van der Waals surface area contributed by atoms with Crippen LogP contribution in [0.4, 0.5) is 0 Å². The van der Waals surface area contributed by atoms with Gasteiger partial charge < -0.3 is 5.32 Å². The summed E-state index contributed by atoms with van der Waals surface area (Å²) in [6.45, 7) is 7.87. The van der Waals surface area contributed by atoms with Crippen molar-refractivity contribution in [1.82, 2.24) is 5.32 Å². The molecule has 14 heavy (non-hydrogen) atoms. The normalized spacial score (nSPS) is 9.64. The summed E-state index contributed by atoms with van der Waals surface area (Å²) in [5, 5.41) is 2.95. The predicted molar refractivity (Wildman–Crippen MR) is 59.4 cm³/mol. The Morgan fingerprint density at radius 2 is 1.93 bits per heavy atom. The molecule has 1 rings (SSSR count). The van der Waals surface area contributed by atoms with E-state index in [9.17, 15) is 4.79 Å². The van der Waals surface area contributed by atoms with E-state index < -0.39 is 0 Å². The fourth-order valence-electron chi connectivity index (χ4n) is 1.33. The van der Waals surface area contributed by atoms with Crippen LogP contribution < -0.4 is 5.32 Å². The molecule has 1 N–H and O–H groups in total. The van der Waals surface area contributed by atoms with Gasteiger partial charge in [0.2, 0.25) is 0 Å². The van der Waals surface area contributed by atoms with Crippen LogP contribution in [0.3, 0.4) is 0 Å². The van der Waals surface area contributed by atoms with E-state index in [4.69, 9.17) is 0 Å². The molecule has 0 radical (unpaired) electrons. The van der Waals surface area contributed by atoms with E-state index in [1.165, 1.54) is 5.56 Å². The minimum absolute atomic E-state index is 0.687. The number of rotatable bonds is 3. The van der Waals surface area contributed by atoms with Gasteiger partial charge in [-0.05, 0) is 37.1 Å². The van der Waals surface area contributed by atoms with Crippen molar-refractivity contribution in [3.8, 4) is 0 Å². The number of hydrogen-bond donors (Lipinski definition) is 1. The van der Waals surface area contributed by atoms with Crippen molar-refractivity contribution in [3.05, 3.63) is 41.0 Å². The molecule has 0 amide bonds. The van der Waals surface area contributed by atoms with Crippen LogP contribution in [0.5, 0.6) is 0 Å². The predicted octanol–water partition coefficient (Wildman–Crippen LogP) is 2.31. The highest BCUT2D eigenvalue weighted by atomic mass is 16.1. The third-order valence-electron chi connectivity index (χ3n) is 2.42. The van der Waals surface area contributed by atoms with Crippen molar-refractivity contribution >= 4 is 12.0 Å². The molecule has 1 aromatic carbocycles. The lowest BCUT2D eigenvalue weighted by Crippen LogP contribution is -2.06. The zero-order chi connectivity index (χ0) is 10.7. The van der Waals surface area contributed by atoms with E-state index in [2.05, 4.69) is 11.9 Å². The van der Waals surface area contributed by atoms with Crippen LogP contribution in [-0.4, -0.2) is 13.3 Å². The third kappa shape index (κ3) is 1.84. The lowest BCUT2D eigenvalue weighted by molar-refractivity contribution is 0.112. The van der Waals surface area contributed by atoms with Gasteiger partial charge in [0.05, 0.1) is 0 Å². The quantitative estimate of drug-likeness (QED) is 0.739. The standard InChI is InChI=1S/C12H15NO/c1-8-5-11(7-14)12(6-9(8)2)10(3)13-4/h5-7,13H,3H2,1-2,4H3. The number of benzene rings is 1. The highest BCUT2D eigenvalue weighted by molar-refractivity contribution is 5.85. The van der Waals surface area contributed by atoms with E-state index in [-0.39, 0.29) is 0 Å². The number of aryl methyl sites for hydroxylation is 2. The van der Waals surface area contributed by atoms with Gasteiger partial charge in [0.1, 0.15) is 0 Å². The Labute approximate surface area is 84.6 Å². The fraction of sp³-hybridized carbons (Fsp3) is 0.250. The molecule has 1 aromatic rings. The van der Waals surface area contributed by atoms with Crippen LogP contribution >= 0.6 is 0 Å². The zero-order valence-corrected chi connectivity index (χ0v) is 8.85. The van der Waals surface area contributed by atoms with Gasteiger partial charge in [-0.3, -0.25) is 4.79 Å². The molecule has 0 saturated carbocycles.